The van der Waals surface area contributed by atoms with Gasteiger partial charge in [-0.1, -0.05) is 5.16 Å². The van der Waals surface area contributed by atoms with Gasteiger partial charge in [-0.25, -0.2) is 4.98 Å². The van der Waals surface area contributed by atoms with Gasteiger partial charge < -0.3 is 14.5 Å². The number of aromatic nitrogens is 2. The first-order valence-corrected chi connectivity index (χ1v) is 9.08. The molecule has 0 unspecified atom stereocenters. The molecule has 0 spiro atoms. The second kappa shape index (κ2) is 6.24. The van der Waals surface area contributed by atoms with E-state index in [2.05, 4.69) is 10.1 Å². The number of fused-ring (bicyclic) bond motifs is 1. The lowest BCUT2D eigenvalue weighted by atomic mass is 10.0. The number of carbonyl (C=O) groups is 1. The Labute approximate surface area is 149 Å². The number of carbonyl (C=O) groups excluding carboxylic acids is 1. The van der Waals surface area contributed by atoms with Crippen LogP contribution in [0.15, 0.2) is 28.8 Å². The van der Waals surface area contributed by atoms with E-state index in [0.717, 1.165) is 26.7 Å². The number of aryl methyl sites for hydroxylation is 2. The van der Waals surface area contributed by atoms with Crippen molar-refractivity contribution in [3.8, 4) is 0 Å². The zero-order valence-electron chi connectivity index (χ0n) is 14.1. The normalized spacial score (nSPS) is 20.5. The molecule has 1 fully saturated rings. The highest BCUT2D eigenvalue weighted by atomic mass is 32.1. The van der Waals surface area contributed by atoms with E-state index in [-0.39, 0.29) is 11.8 Å². The molecule has 1 amide bonds. The average molecular weight is 357 g/mol. The number of hydrogen-bond donors (Lipinski definition) is 1. The van der Waals surface area contributed by atoms with E-state index in [1.807, 2.05) is 38.1 Å². The van der Waals surface area contributed by atoms with Gasteiger partial charge in [0.2, 0.25) is 0 Å². The lowest BCUT2D eigenvalue weighted by molar-refractivity contribution is 0.0765. The Balaban J connectivity index is 1.49. The summed E-state index contributed by atoms with van der Waals surface area (Å²) in [7, 11) is 0. The van der Waals surface area contributed by atoms with E-state index in [1.54, 1.807) is 16.2 Å². The molecule has 130 valence electrons. The molecule has 0 bridgehead atoms. The summed E-state index contributed by atoms with van der Waals surface area (Å²) in [6, 6.07) is 7.45. The van der Waals surface area contributed by atoms with Gasteiger partial charge in [-0.2, -0.15) is 0 Å². The van der Waals surface area contributed by atoms with Gasteiger partial charge in [0.1, 0.15) is 5.76 Å². The van der Waals surface area contributed by atoms with Crippen molar-refractivity contribution >= 4 is 27.5 Å². The zero-order chi connectivity index (χ0) is 17.6. The lowest BCUT2D eigenvalue weighted by Crippen LogP contribution is -2.29. The molecule has 1 aliphatic heterocycles. The van der Waals surface area contributed by atoms with E-state index in [4.69, 9.17) is 4.52 Å². The van der Waals surface area contributed by atoms with Gasteiger partial charge in [0.15, 0.2) is 0 Å². The van der Waals surface area contributed by atoms with Crippen LogP contribution in [0.4, 0.5) is 0 Å². The van der Waals surface area contributed by atoms with Gasteiger partial charge in [-0.3, -0.25) is 4.79 Å². The van der Waals surface area contributed by atoms with Crippen LogP contribution in [0.2, 0.25) is 0 Å². The topological polar surface area (TPSA) is 79.5 Å². The number of thiazole rings is 1. The van der Waals surface area contributed by atoms with Crippen LogP contribution in [0.25, 0.3) is 10.2 Å². The molecule has 4 rings (SSSR count). The third-order valence-corrected chi connectivity index (χ3v) is 5.51. The molecule has 3 heterocycles. The molecule has 2 aromatic heterocycles. The summed E-state index contributed by atoms with van der Waals surface area (Å²) < 4.78 is 6.25. The Hall–Kier alpha value is -2.25. The van der Waals surface area contributed by atoms with E-state index >= 15 is 0 Å². The summed E-state index contributed by atoms with van der Waals surface area (Å²) in [4.78, 5) is 18.9. The molecule has 1 saturated heterocycles. The third-order valence-electron chi connectivity index (χ3n) is 4.58. The summed E-state index contributed by atoms with van der Waals surface area (Å²) in [5, 5.41) is 15.2. The molecular formula is C18H19N3O3S. The third kappa shape index (κ3) is 3.17. The molecule has 1 aliphatic rings. The van der Waals surface area contributed by atoms with Crippen molar-refractivity contribution in [3.63, 3.8) is 0 Å². The SMILES string of the molecule is Cc1cc(C[C@@H]2CN(C(=O)c3ccc4nc(C)sc4c3)C[C@H]2O)on1. The Morgan fingerprint density at radius 3 is 2.96 bits per heavy atom. The average Bonchev–Trinajstić information content (AvgIpc) is 3.25. The first-order chi connectivity index (χ1) is 12.0. The number of benzene rings is 1. The summed E-state index contributed by atoms with van der Waals surface area (Å²) in [5.41, 5.74) is 2.38. The smallest absolute Gasteiger partial charge is 0.254 e. The standard InChI is InChI=1S/C18H19N3O3S/c1-10-5-14(24-20-10)6-13-8-21(9-16(13)22)18(23)12-3-4-15-17(7-12)25-11(2)19-15/h3-5,7,13,16,22H,6,8-9H2,1-2H3/t13-,16-/m1/s1. The fourth-order valence-electron chi connectivity index (χ4n) is 3.35. The van der Waals surface area contributed by atoms with Crippen LogP contribution >= 0.6 is 11.3 Å². The van der Waals surface area contributed by atoms with Gasteiger partial charge >= 0.3 is 0 Å². The number of aliphatic hydroxyl groups excluding tert-OH is 1. The van der Waals surface area contributed by atoms with Crippen LogP contribution in [-0.4, -0.2) is 45.2 Å². The quantitative estimate of drug-likeness (QED) is 0.779. The van der Waals surface area contributed by atoms with Crippen LogP contribution < -0.4 is 0 Å². The van der Waals surface area contributed by atoms with Crippen LogP contribution in [0, 0.1) is 19.8 Å². The largest absolute Gasteiger partial charge is 0.391 e. The van der Waals surface area contributed by atoms with Crippen molar-refractivity contribution in [2.45, 2.75) is 26.4 Å². The zero-order valence-corrected chi connectivity index (χ0v) is 14.9. The van der Waals surface area contributed by atoms with E-state index in [0.29, 0.717) is 25.1 Å². The Kier molecular flexibility index (Phi) is 4.05. The number of rotatable bonds is 3. The summed E-state index contributed by atoms with van der Waals surface area (Å²) in [5.74, 6) is 0.659. The van der Waals surface area contributed by atoms with Crippen molar-refractivity contribution in [2.24, 2.45) is 5.92 Å². The molecule has 0 saturated carbocycles. The number of hydrogen-bond acceptors (Lipinski definition) is 6. The molecular weight excluding hydrogens is 338 g/mol. The van der Waals surface area contributed by atoms with Gasteiger partial charge in [0.25, 0.3) is 5.91 Å². The fourth-order valence-corrected chi connectivity index (χ4v) is 4.21. The minimum atomic E-state index is -0.552. The van der Waals surface area contributed by atoms with Crippen molar-refractivity contribution in [1.82, 2.24) is 15.0 Å². The fraction of sp³-hybridized carbons (Fsp3) is 0.389. The van der Waals surface area contributed by atoms with Gasteiger partial charge in [-0.15, -0.1) is 11.3 Å². The first kappa shape index (κ1) is 16.2. The predicted octanol–water partition coefficient (Wildman–Crippen LogP) is 2.58. The highest BCUT2D eigenvalue weighted by molar-refractivity contribution is 7.18. The molecule has 2 atom stereocenters. The highest BCUT2D eigenvalue weighted by Crippen LogP contribution is 2.26. The molecule has 1 aromatic carbocycles. The lowest BCUT2D eigenvalue weighted by Gasteiger charge is -2.16. The summed E-state index contributed by atoms with van der Waals surface area (Å²) >= 11 is 1.58. The molecule has 3 aromatic rings. The monoisotopic (exact) mass is 357 g/mol. The Bertz CT molecular complexity index is 933. The van der Waals surface area contributed by atoms with Crippen molar-refractivity contribution in [2.75, 3.05) is 13.1 Å². The predicted molar refractivity (Wildman–Crippen MR) is 94.7 cm³/mol. The maximum atomic E-state index is 12.8. The minimum Gasteiger partial charge on any atom is -0.391 e. The molecule has 25 heavy (non-hydrogen) atoms. The van der Waals surface area contributed by atoms with Crippen LogP contribution in [0.3, 0.4) is 0 Å². The Morgan fingerprint density at radius 1 is 1.36 bits per heavy atom. The minimum absolute atomic E-state index is 0.0364. The number of nitrogens with zero attached hydrogens (tertiary/aromatic N) is 3. The van der Waals surface area contributed by atoms with Gasteiger partial charge in [0.05, 0.1) is 27.0 Å². The molecule has 0 radical (unpaired) electrons. The van der Waals surface area contributed by atoms with Crippen molar-refractivity contribution in [1.29, 1.82) is 0 Å². The number of aliphatic hydroxyl groups is 1. The highest BCUT2D eigenvalue weighted by Gasteiger charge is 2.35. The molecule has 0 aliphatic carbocycles. The number of likely N-dealkylation sites (tertiary alicyclic amines) is 1. The van der Waals surface area contributed by atoms with Crippen molar-refractivity contribution in [3.05, 3.63) is 46.3 Å². The van der Waals surface area contributed by atoms with E-state index < -0.39 is 6.10 Å². The maximum Gasteiger partial charge on any atom is 0.254 e. The maximum absolute atomic E-state index is 12.8. The van der Waals surface area contributed by atoms with Crippen LogP contribution in [0.5, 0.6) is 0 Å². The van der Waals surface area contributed by atoms with Crippen LogP contribution in [0.1, 0.15) is 26.8 Å². The van der Waals surface area contributed by atoms with Gasteiger partial charge in [0, 0.05) is 37.1 Å². The van der Waals surface area contributed by atoms with Crippen molar-refractivity contribution < 1.29 is 14.4 Å². The van der Waals surface area contributed by atoms with Crippen LogP contribution in [-0.2, 0) is 6.42 Å². The van der Waals surface area contributed by atoms with E-state index in [9.17, 15) is 9.90 Å². The first-order valence-electron chi connectivity index (χ1n) is 8.26. The Morgan fingerprint density at radius 2 is 2.20 bits per heavy atom. The molecule has 6 nitrogen and oxygen atoms in total. The van der Waals surface area contributed by atoms with Gasteiger partial charge in [-0.05, 0) is 32.0 Å². The summed E-state index contributed by atoms with van der Waals surface area (Å²) in [6.45, 7) is 4.68. The second-order valence-electron chi connectivity index (χ2n) is 6.59. The second-order valence-corrected chi connectivity index (χ2v) is 7.83. The number of amides is 1. The number of β-amino-alcohol motifs (C(OH)–C–C–N with tert-alkyl or cyclic N) is 1. The summed E-state index contributed by atoms with van der Waals surface area (Å²) in [6.07, 6.45) is 0.0301. The molecule has 1 N–H and O–H groups in total. The molecule has 7 heteroatoms. The van der Waals surface area contributed by atoms with E-state index in [1.165, 1.54) is 0 Å².